The Hall–Kier alpha value is -2.56. The number of nitrogens with one attached hydrogen (secondary N) is 1. The summed E-state index contributed by atoms with van der Waals surface area (Å²) in [6, 6.07) is 5.50. The Morgan fingerprint density at radius 1 is 1.21 bits per heavy atom. The van der Waals surface area contributed by atoms with E-state index in [9.17, 15) is 9.59 Å². The van der Waals surface area contributed by atoms with Crippen LogP contribution in [0.25, 0.3) is 0 Å². The molecule has 11 heteroatoms. The monoisotopic (exact) mass is 508 g/mol. The molecule has 8 nitrogen and oxygen atoms in total. The Balaban J connectivity index is 1.59. The van der Waals surface area contributed by atoms with Gasteiger partial charge in [-0.05, 0) is 49.6 Å². The summed E-state index contributed by atoms with van der Waals surface area (Å²) >= 11 is 8.82. The van der Waals surface area contributed by atoms with Crippen molar-refractivity contribution in [3.05, 3.63) is 50.6 Å². The van der Waals surface area contributed by atoms with Gasteiger partial charge in [0.2, 0.25) is 5.91 Å². The highest BCUT2D eigenvalue weighted by Crippen LogP contribution is 2.30. The van der Waals surface area contributed by atoms with E-state index >= 15 is 0 Å². The number of thioether (sulfide) groups is 1. The fourth-order valence-electron chi connectivity index (χ4n) is 3.00. The van der Waals surface area contributed by atoms with Crippen molar-refractivity contribution >= 4 is 51.6 Å². The number of aryl methyl sites for hydroxylation is 3. The molecular weight excluding hydrogens is 484 g/mol. The van der Waals surface area contributed by atoms with Crippen LogP contribution in [0.3, 0.4) is 0 Å². The third kappa shape index (κ3) is 6.07. The molecule has 3 aromatic rings. The van der Waals surface area contributed by atoms with E-state index in [1.807, 2.05) is 40.0 Å². The van der Waals surface area contributed by atoms with Gasteiger partial charge in [0.25, 0.3) is 0 Å². The summed E-state index contributed by atoms with van der Waals surface area (Å²) in [6.45, 7) is 6.07. The van der Waals surface area contributed by atoms with Crippen LogP contribution in [-0.4, -0.2) is 39.5 Å². The summed E-state index contributed by atoms with van der Waals surface area (Å²) < 4.78 is 12.4. The predicted octanol–water partition coefficient (Wildman–Crippen LogP) is 4.81. The first-order valence-electron chi connectivity index (χ1n) is 10.1. The lowest BCUT2D eigenvalue weighted by atomic mass is 10.1. The lowest BCUT2D eigenvalue weighted by Crippen LogP contribution is -2.16. The Morgan fingerprint density at radius 2 is 1.91 bits per heavy atom. The van der Waals surface area contributed by atoms with Crippen molar-refractivity contribution in [1.82, 2.24) is 14.8 Å². The number of amides is 1. The van der Waals surface area contributed by atoms with Crippen LogP contribution in [-0.2, 0) is 29.6 Å². The van der Waals surface area contributed by atoms with Gasteiger partial charge in [-0.15, -0.1) is 21.5 Å². The second kappa shape index (κ2) is 11.0. The topological polar surface area (TPSA) is 95.3 Å². The Labute approximate surface area is 205 Å². The summed E-state index contributed by atoms with van der Waals surface area (Å²) in [7, 11) is 3.14. The molecule has 1 amide bonds. The van der Waals surface area contributed by atoms with E-state index in [4.69, 9.17) is 21.1 Å². The first kappa shape index (κ1) is 25.1. The number of halogens is 1. The van der Waals surface area contributed by atoms with E-state index in [1.165, 1.54) is 30.2 Å². The fraction of sp³-hybridized carbons (Fsp3) is 0.364. The van der Waals surface area contributed by atoms with Gasteiger partial charge in [0.1, 0.15) is 17.4 Å². The number of ether oxygens (including phenoxy) is 2. The van der Waals surface area contributed by atoms with Gasteiger partial charge in [0, 0.05) is 16.9 Å². The van der Waals surface area contributed by atoms with Gasteiger partial charge in [0.05, 0.1) is 18.4 Å². The van der Waals surface area contributed by atoms with Crippen LogP contribution in [0.5, 0.6) is 5.75 Å². The quantitative estimate of drug-likeness (QED) is 0.327. The number of anilines is 1. The Bertz CT molecular complexity index is 1150. The van der Waals surface area contributed by atoms with Gasteiger partial charge in [-0.3, -0.25) is 4.79 Å². The summed E-state index contributed by atoms with van der Waals surface area (Å²) in [4.78, 5) is 25.5. The molecule has 0 aliphatic heterocycles. The molecule has 2 heterocycles. The van der Waals surface area contributed by atoms with Crippen molar-refractivity contribution in [1.29, 1.82) is 0 Å². The molecule has 0 atom stereocenters. The highest BCUT2D eigenvalue weighted by atomic mass is 35.5. The van der Waals surface area contributed by atoms with Crippen molar-refractivity contribution in [2.24, 2.45) is 7.05 Å². The van der Waals surface area contributed by atoms with Crippen LogP contribution in [0.2, 0.25) is 5.02 Å². The van der Waals surface area contributed by atoms with Crippen LogP contribution in [0.4, 0.5) is 5.00 Å². The molecule has 0 unspecified atom stereocenters. The zero-order valence-corrected chi connectivity index (χ0v) is 21.4. The number of hydrogen-bond donors (Lipinski definition) is 1. The molecule has 0 aliphatic rings. The number of thiophene rings is 1. The van der Waals surface area contributed by atoms with Crippen molar-refractivity contribution in [3.63, 3.8) is 0 Å². The molecule has 0 radical (unpaired) electrons. The van der Waals surface area contributed by atoms with Gasteiger partial charge in [-0.1, -0.05) is 30.3 Å². The molecule has 0 saturated heterocycles. The number of nitrogens with zero attached hydrogens (tertiary/aromatic N) is 3. The number of carbonyl (C=O) groups is 2. The largest absolute Gasteiger partial charge is 0.486 e. The normalized spacial score (nSPS) is 10.8. The van der Waals surface area contributed by atoms with Crippen LogP contribution in [0.15, 0.2) is 23.4 Å². The molecule has 0 bridgehead atoms. The van der Waals surface area contributed by atoms with Crippen LogP contribution in [0, 0.1) is 13.8 Å². The summed E-state index contributed by atoms with van der Waals surface area (Å²) in [5.41, 5.74) is 2.25. The number of hydrogen-bond acceptors (Lipinski definition) is 8. The standard InChI is InChI=1S/C22H25ClN4O4S2/c1-6-15-9-16(21(29)30-5)20(33-15)24-18(28)11-32-22-26-25-17(27(22)4)10-31-14-7-12(2)19(23)13(3)8-14/h7-9H,6,10-11H2,1-5H3,(H,24,28). The third-order valence-electron chi connectivity index (χ3n) is 4.83. The second-order valence-corrected chi connectivity index (χ2v) is 9.71. The van der Waals surface area contributed by atoms with Gasteiger partial charge in [-0.25, -0.2) is 4.79 Å². The van der Waals surface area contributed by atoms with E-state index < -0.39 is 5.97 Å². The average Bonchev–Trinajstić information content (AvgIpc) is 3.36. The number of methoxy groups -OCH3 is 1. The van der Waals surface area contributed by atoms with Crippen molar-refractivity contribution in [3.8, 4) is 5.75 Å². The molecule has 2 aromatic heterocycles. The summed E-state index contributed by atoms with van der Waals surface area (Å²) in [6.07, 6.45) is 0.762. The van der Waals surface area contributed by atoms with Gasteiger partial charge in [-0.2, -0.15) is 0 Å². The lowest BCUT2D eigenvalue weighted by molar-refractivity contribution is -0.113. The maximum Gasteiger partial charge on any atom is 0.340 e. The van der Waals surface area contributed by atoms with Crippen molar-refractivity contribution < 1.29 is 19.1 Å². The minimum Gasteiger partial charge on any atom is -0.486 e. The number of aromatic nitrogens is 3. The molecule has 1 N–H and O–H groups in total. The van der Waals surface area contributed by atoms with Crippen molar-refractivity contribution in [2.45, 2.75) is 39.0 Å². The first-order chi connectivity index (χ1) is 15.7. The molecular formula is C22H25ClN4O4S2. The van der Waals surface area contributed by atoms with E-state index in [-0.39, 0.29) is 18.3 Å². The summed E-state index contributed by atoms with van der Waals surface area (Å²) in [5.74, 6) is 0.722. The van der Waals surface area contributed by atoms with E-state index in [1.54, 1.807) is 10.6 Å². The Kier molecular flexibility index (Phi) is 8.39. The molecule has 0 aliphatic carbocycles. The summed E-state index contributed by atoms with van der Waals surface area (Å²) in [5, 5.41) is 12.9. The van der Waals surface area contributed by atoms with Gasteiger partial charge < -0.3 is 19.4 Å². The molecule has 33 heavy (non-hydrogen) atoms. The molecule has 176 valence electrons. The van der Waals surface area contributed by atoms with Crippen LogP contribution >= 0.6 is 34.7 Å². The van der Waals surface area contributed by atoms with Crippen molar-refractivity contribution in [2.75, 3.05) is 18.2 Å². The highest BCUT2D eigenvalue weighted by Gasteiger charge is 2.19. The van der Waals surface area contributed by atoms with Gasteiger partial charge >= 0.3 is 5.97 Å². The molecule has 3 rings (SSSR count). The number of rotatable bonds is 9. The number of carbonyl (C=O) groups excluding carboxylic acids is 2. The fourth-order valence-corrected chi connectivity index (χ4v) is 4.84. The molecule has 0 spiro atoms. The Morgan fingerprint density at radius 3 is 2.55 bits per heavy atom. The average molecular weight is 509 g/mol. The smallest absolute Gasteiger partial charge is 0.340 e. The lowest BCUT2D eigenvalue weighted by Gasteiger charge is -2.10. The molecule has 0 fully saturated rings. The third-order valence-corrected chi connectivity index (χ3v) is 7.64. The maximum atomic E-state index is 12.5. The van der Waals surface area contributed by atoms with Crippen LogP contribution < -0.4 is 10.1 Å². The highest BCUT2D eigenvalue weighted by molar-refractivity contribution is 7.99. The maximum absolute atomic E-state index is 12.5. The van der Waals surface area contributed by atoms with E-state index in [0.717, 1.165) is 27.4 Å². The minimum atomic E-state index is -0.474. The SMILES string of the molecule is CCc1cc(C(=O)OC)c(NC(=O)CSc2nnc(COc3cc(C)c(Cl)c(C)c3)n2C)s1. The molecule has 0 saturated carbocycles. The second-order valence-electron chi connectivity index (χ2n) is 7.26. The predicted molar refractivity (Wildman–Crippen MR) is 131 cm³/mol. The number of benzene rings is 1. The van der Waals surface area contributed by atoms with E-state index in [2.05, 4.69) is 15.5 Å². The zero-order valence-electron chi connectivity index (χ0n) is 19.0. The first-order valence-corrected chi connectivity index (χ1v) is 12.3. The number of esters is 1. The van der Waals surface area contributed by atoms with Gasteiger partial charge in [0.15, 0.2) is 11.0 Å². The molecule has 1 aromatic carbocycles. The van der Waals surface area contributed by atoms with Crippen LogP contribution in [0.1, 0.15) is 39.1 Å². The zero-order chi connectivity index (χ0) is 24.1. The minimum absolute atomic E-state index is 0.113. The van der Waals surface area contributed by atoms with E-state index in [0.29, 0.717) is 27.3 Å².